The molecule has 1 aromatic carbocycles. The molecule has 3 nitrogen and oxygen atoms in total. The predicted molar refractivity (Wildman–Crippen MR) is 58.5 cm³/mol. The summed E-state index contributed by atoms with van der Waals surface area (Å²) in [4.78, 5) is 0. The normalized spacial score (nSPS) is 14.9. The topological polar surface area (TPSA) is 49.7 Å². The Balaban J connectivity index is 2.62. The molecule has 0 fully saturated rings. The van der Waals surface area contributed by atoms with Crippen LogP contribution < -0.4 is 0 Å². The summed E-state index contributed by atoms with van der Waals surface area (Å²) in [6.45, 7) is 3.48. The Hall–Kier alpha value is -0.900. The number of aryl methyl sites for hydroxylation is 1. The van der Waals surface area contributed by atoms with Crippen LogP contribution in [0.3, 0.4) is 0 Å². The van der Waals surface area contributed by atoms with Crippen molar-refractivity contribution >= 4 is 0 Å². The molecular weight excluding hydrogens is 192 g/mol. The van der Waals surface area contributed by atoms with Crippen LogP contribution in [0.5, 0.6) is 0 Å². The SMILES string of the molecule is Cc1ccccc1CC(CO)OC(C)O. The van der Waals surface area contributed by atoms with E-state index in [1.54, 1.807) is 6.92 Å². The second kappa shape index (κ2) is 5.85. The van der Waals surface area contributed by atoms with Gasteiger partial charge in [0, 0.05) is 6.42 Å². The summed E-state index contributed by atoms with van der Waals surface area (Å²) >= 11 is 0. The van der Waals surface area contributed by atoms with Crippen molar-refractivity contribution in [2.45, 2.75) is 32.7 Å². The first-order valence-corrected chi connectivity index (χ1v) is 5.12. The summed E-state index contributed by atoms with van der Waals surface area (Å²) in [7, 11) is 0. The maximum absolute atomic E-state index is 9.09. The van der Waals surface area contributed by atoms with Gasteiger partial charge in [0.15, 0.2) is 6.29 Å². The zero-order chi connectivity index (χ0) is 11.3. The summed E-state index contributed by atoms with van der Waals surface area (Å²) in [5, 5.41) is 18.2. The van der Waals surface area contributed by atoms with Crippen molar-refractivity contribution in [2.75, 3.05) is 6.61 Å². The number of ether oxygens (including phenoxy) is 1. The average Bonchev–Trinajstić information content (AvgIpc) is 2.19. The van der Waals surface area contributed by atoms with Gasteiger partial charge in [-0.3, -0.25) is 0 Å². The molecule has 0 saturated heterocycles. The number of aliphatic hydroxyl groups excluding tert-OH is 2. The van der Waals surface area contributed by atoms with Crippen LogP contribution >= 0.6 is 0 Å². The summed E-state index contributed by atoms with van der Waals surface area (Å²) in [6.07, 6.45) is -0.564. The maximum Gasteiger partial charge on any atom is 0.152 e. The van der Waals surface area contributed by atoms with E-state index in [1.807, 2.05) is 31.2 Å². The van der Waals surface area contributed by atoms with E-state index in [0.29, 0.717) is 6.42 Å². The van der Waals surface area contributed by atoms with Crippen LogP contribution in [0.2, 0.25) is 0 Å². The van der Waals surface area contributed by atoms with E-state index < -0.39 is 6.29 Å². The maximum atomic E-state index is 9.09. The molecule has 0 aliphatic rings. The quantitative estimate of drug-likeness (QED) is 0.719. The van der Waals surface area contributed by atoms with Crippen LogP contribution in [0.4, 0.5) is 0 Å². The van der Waals surface area contributed by atoms with Crippen molar-refractivity contribution in [3.8, 4) is 0 Å². The third kappa shape index (κ3) is 4.00. The van der Waals surface area contributed by atoms with Crippen molar-refractivity contribution in [3.05, 3.63) is 35.4 Å². The fourth-order valence-corrected chi connectivity index (χ4v) is 1.52. The Morgan fingerprint density at radius 3 is 2.53 bits per heavy atom. The van der Waals surface area contributed by atoms with Gasteiger partial charge in [0.1, 0.15) is 0 Å². The molecule has 0 heterocycles. The van der Waals surface area contributed by atoms with Gasteiger partial charge in [-0.15, -0.1) is 0 Å². The molecule has 3 heteroatoms. The fraction of sp³-hybridized carbons (Fsp3) is 0.500. The third-order valence-corrected chi connectivity index (χ3v) is 2.30. The molecule has 0 amide bonds. The fourth-order valence-electron chi connectivity index (χ4n) is 1.52. The van der Waals surface area contributed by atoms with Gasteiger partial charge in [-0.1, -0.05) is 24.3 Å². The van der Waals surface area contributed by atoms with Crippen LogP contribution in [0.25, 0.3) is 0 Å². The van der Waals surface area contributed by atoms with Crippen LogP contribution in [0.1, 0.15) is 18.1 Å². The monoisotopic (exact) mass is 210 g/mol. The van der Waals surface area contributed by atoms with Crippen molar-refractivity contribution in [2.24, 2.45) is 0 Å². The van der Waals surface area contributed by atoms with Crippen molar-refractivity contribution < 1.29 is 14.9 Å². The molecule has 15 heavy (non-hydrogen) atoms. The van der Waals surface area contributed by atoms with Crippen LogP contribution in [-0.2, 0) is 11.2 Å². The molecule has 0 aliphatic carbocycles. The third-order valence-electron chi connectivity index (χ3n) is 2.30. The molecule has 0 saturated carbocycles. The Bertz CT molecular complexity index is 297. The molecule has 2 unspecified atom stereocenters. The molecule has 0 aromatic heterocycles. The molecule has 84 valence electrons. The second-order valence-corrected chi connectivity index (χ2v) is 3.67. The Kier molecular flexibility index (Phi) is 4.75. The van der Waals surface area contributed by atoms with Crippen molar-refractivity contribution in [1.29, 1.82) is 0 Å². The largest absolute Gasteiger partial charge is 0.394 e. The van der Waals surface area contributed by atoms with E-state index in [-0.39, 0.29) is 12.7 Å². The second-order valence-electron chi connectivity index (χ2n) is 3.67. The van der Waals surface area contributed by atoms with E-state index >= 15 is 0 Å². The van der Waals surface area contributed by atoms with E-state index in [1.165, 1.54) is 5.56 Å². The van der Waals surface area contributed by atoms with Gasteiger partial charge in [-0.05, 0) is 25.0 Å². The lowest BCUT2D eigenvalue weighted by atomic mass is 10.0. The molecule has 1 aromatic rings. The van der Waals surface area contributed by atoms with Crippen LogP contribution in [0, 0.1) is 6.92 Å². The summed E-state index contributed by atoms with van der Waals surface area (Å²) in [6, 6.07) is 7.96. The number of rotatable bonds is 5. The highest BCUT2D eigenvalue weighted by Crippen LogP contribution is 2.11. The molecule has 0 bridgehead atoms. The lowest BCUT2D eigenvalue weighted by molar-refractivity contribution is -0.134. The van der Waals surface area contributed by atoms with Crippen LogP contribution in [0.15, 0.2) is 24.3 Å². The van der Waals surface area contributed by atoms with E-state index in [0.717, 1.165) is 5.56 Å². The summed E-state index contributed by atoms with van der Waals surface area (Å²) in [5.74, 6) is 0. The molecule has 0 radical (unpaired) electrons. The minimum Gasteiger partial charge on any atom is -0.394 e. The molecule has 2 atom stereocenters. The highest BCUT2D eigenvalue weighted by Gasteiger charge is 2.12. The van der Waals surface area contributed by atoms with Gasteiger partial charge in [0.25, 0.3) is 0 Å². The highest BCUT2D eigenvalue weighted by atomic mass is 16.6. The van der Waals surface area contributed by atoms with E-state index in [4.69, 9.17) is 14.9 Å². The highest BCUT2D eigenvalue weighted by molar-refractivity contribution is 5.26. The van der Waals surface area contributed by atoms with Gasteiger partial charge in [0.2, 0.25) is 0 Å². The first kappa shape index (κ1) is 12.2. The van der Waals surface area contributed by atoms with Gasteiger partial charge in [0.05, 0.1) is 12.7 Å². The minimum atomic E-state index is -0.842. The lowest BCUT2D eigenvalue weighted by Crippen LogP contribution is -2.25. The van der Waals surface area contributed by atoms with Crippen LogP contribution in [-0.4, -0.2) is 29.2 Å². The van der Waals surface area contributed by atoms with E-state index in [2.05, 4.69) is 0 Å². The smallest absolute Gasteiger partial charge is 0.152 e. The van der Waals surface area contributed by atoms with Gasteiger partial charge < -0.3 is 14.9 Å². The zero-order valence-corrected chi connectivity index (χ0v) is 9.18. The first-order valence-electron chi connectivity index (χ1n) is 5.12. The number of benzene rings is 1. The summed E-state index contributed by atoms with van der Waals surface area (Å²) < 4.78 is 5.16. The minimum absolute atomic E-state index is 0.0841. The van der Waals surface area contributed by atoms with Crippen molar-refractivity contribution in [3.63, 3.8) is 0 Å². The number of aliphatic hydroxyl groups is 2. The van der Waals surface area contributed by atoms with Gasteiger partial charge in [-0.25, -0.2) is 0 Å². The molecular formula is C12H18O3. The molecule has 1 rings (SSSR count). The molecule has 0 spiro atoms. The van der Waals surface area contributed by atoms with Gasteiger partial charge >= 0.3 is 0 Å². The average molecular weight is 210 g/mol. The zero-order valence-electron chi connectivity index (χ0n) is 9.18. The van der Waals surface area contributed by atoms with E-state index in [9.17, 15) is 0 Å². The van der Waals surface area contributed by atoms with Crippen molar-refractivity contribution in [1.82, 2.24) is 0 Å². The standard InChI is InChI=1S/C12H18O3/c1-9-5-3-4-6-11(9)7-12(8-13)15-10(2)14/h3-6,10,12-14H,7-8H2,1-2H3. The lowest BCUT2D eigenvalue weighted by Gasteiger charge is -2.18. The number of hydrogen-bond acceptors (Lipinski definition) is 3. The Labute approximate surface area is 90.3 Å². The summed E-state index contributed by atoms with van der Waals surface area (Å²) in [5.41, 5.74) is 2.31. The van der Waals surface area contributed by atoms with Gasteiger partial charge in [-0.2, -0.15) is 0 Å². The number of hydrogen-bond donors (Lipinski definition) is 2. The first-order chi connectivity index (χ1) is 7.13. The Morgan fingerprint density at radius 1 is 1.33 bits per heavy atom. The molecule has 0 aliphatic heterocycles. The molecule has 2 N–H and O–H groups in total. The predicted octanol–water partition coefficient (Wildman–Crippen LogP) is 1.25. The Morgan fingerprint density at radius 2 is 2.00 bits per heavy atom.